The lowest BCUT2D eigenvalue weighted by Crippen LogP contribution is -2.01. The van der Waals surface area contributed by atoms with Crippen LogP contribution in [0.15, 0.2) is 431 Å². The topological polar surface area (TPSA) is 84.2 Å². The summed E-state index contributed by atoms with van der Waals surface area (Å²) in [6.45, 7) is 0. The van der Waals surface area contributed by atoms with Gasteiger partial charge in [0.15, 0.2) is 23.3 Å². The third kappa shape index (κ3) is 12.0. The van der Waals surface area contributed by atoms with Gasteiger partial charge in [0.1, 0.15) is 0 Å². The van der Waals surface area contributed by atoms with E-state index >= 15 is 0 Å². The molecule has 0 aliphatic rings. The Morgan fingerprint density at radius 1 is 0.142 bits per heavy atom. The molecule has 0 spiro atoms. The second-order valence-electron chi connectivity index (χ2n) is 30.7. The van der Waals surface area contributed by atoms with Crippen LogP contribution in [0.5, 0.6) is 0 Å². The molecular weight excluding hydrogens is 1460 g/mol. The van der Waals surface area contributed by atoms with Crippen molar-refractivity contribution < 1.29 is 0 Å². The van der Waals surface area contributed by atoms with Gasteiger partial charge in [-0.1, -0.05) is 315 Å². The second-order valence-corrected chi connectivity index (χ2v) is 30.7. The molecule has 24 aromatic rings. The molecule has 0 unspecified atom stereocenters. The van der Waals surface area contributed by atoms with Gasteiger partial charge in [0.2, 0.25) is 0 Å². The summed E-state index contributed by atoms with van der Waals surface area (Å²) in [6, 6.07) is 153. The number of fused-ring (bicyclic) bond motifs is 14. The zero-order chi connectivity index (χ0) is 79.1. The van der Waals surface area contributed by atoms with Crippen LogP contribution in [0.1, 0.15) is 0 Å². The average Bonchev–Trinajstić information content (AvgIpc) is 1.56. The molecule has 9 nitrogen and oxygen atoms in total. The molecule has 0 fully saturated rings. The predicted octanol–water partition coefficient (Wildman–Crippen LogP) is 28.4. The molecule has 9 heteroatoms. The van der Waals surface area contributed by atoms with E-state index in [1.165, 1.54) is 81.7 Å². The fourth-order valence-corrected chi connectivity index (χ4v) is 18.1. The first-order valence-electron chi connectivity index (χ1n) is 40.7. The summed E-state index contributed by atoms with van der Waals surface area (Å²) in [7, 11) is 0. The summed E-state index contributed by atoms with van der Waals surface area (Å²) in [4.78, 5) is 25.8. The van der Waals surface area contributed by atoms with Crippen molar-refractivity contribution in [3.8, 4) is 113 Å². The van der Waals surface area contributed by atoms with Crippen molar-refractivity contribution in [3.05, 3.63) is 431 Å². The van der Waals surface area contributed by atoms with Crippen LogP contribution < -0.4 is 0 Å². The lowest BCUT2D eigenvalue weighted by molar-refractivity contribution is 1.08. The lowest BCUT2D eigenvalue weighted by Gasteiger charge is -2.14. The average molecular weight is 1530 g/mol. The minimum absolute atomic E-state index is 0.634. The van der Waals surface area contributed by atoms with Crippen molar-refractivity contribution in [1.29, 1.82) is 0 Å². The Hall–Kier alpha value is -16.2. The Kier molecular flexibility index (Phi) is 16.7. The molecule has 0 aliphatic carbocycles. The van der Waals surface area contributed by atoms with Crippen molar-refractivity contribution in [2.45, 2.75) is 0 Å². The molecule has 24 rings (SSSR count). The number of hydrogen-bond donors (Lipinski definition) is 0. The number of nitrogens with zero attached hydrogens (tertiary/aromatic N) is 9. The van der Waals surface area contributed by atoms with E-state index in [9.17, 15) is 0 Å². The van der Waals surface area contributed by atoms with Crippen LogP contribution >= 0.6 is 0 Å². The van der Waals surface area contributed by atoms with Gasteiger partial charge in [-0.3, -0.25) is 0 Å². The normalized spacial score (nSPS) is 11.7. The molecule has 6 aromatic heterocycles. The third-order valence-electron chi connectivity index (χ3n) is 23.6. The highest BCUT2D eigenvalue weighted by molar-refractivity contribution is 6.21. The Balaban J connectivity index is 0.000000140. The van der Waals surface area contributed by atoms with Crippen molar-refractivity contribution in [2.75, 3.05) is 0 Å². The molecule has 0 saturated heterocycles. The summed E-state index contributed by atoms with van der Waals surface area (Å²) in [6.07, 6.45) is 0. The van der Waals surface area contributed by atoms with Gasteiger partial charge < -0.3 is 18.3 Å². The highest BCUT2D eigenvalue weighted by atomic mass is 15.0. The number of benzene rings is 18. The highest BCUT2D eigenvalue weighted by Crippen LogP contribution is 2.45. The van der Waals surface area contributed by atoms with Crippen molar-refractivity contribution in [3.63, 3.8) is 0 Å². The fourth-order valence-electron chi connectivity index (χ4n) is 18.1. The van der Waals surface area contributed by atoms with Gasteiger partial charge in [0, 0.05) is 99.2 Å². The van der Waals surface area contributed by atoms with Crippen LogP contribution in [0.2, 0.25) is 0 Å². The van der Waals surface area contributed by atoms with Gasteiger partial charge in [0.05, 0.1) is 55.5 Å². The van der Waals surface area contributed by atoms with Crippen LogP contribution in [-0.4, -0.2) is 43.2 Å². The van der Waals surface area contributed by atoms with Gasteiger partial charge in [-0.15, -0.1) is 0 Å². The largest absolute Gasteiger partial charge is 0.309 e. The molecule has 0 saturated carbocycles. The van der Waals surface area contributed by atoms with E-state index in [4.69, 9.17) is 24.9 Å². The number of hydrogen-bond acceptors (Lipinski definition) is 5. The van der Waals surface area contributed by atoms with Gasteiger partial charge in [-0.25, -0.2) is 24.9 Å². The SMILES string of the molecule is c1ccc(-c2cccc(-c3nc(-c4ccccc4)cc(-c4cccc5cc(-n6c7ccccc7c7cc8c9ccccc9n(-c9ccccc9)c8cc76)ccc45)n3)c2)cc1.c1ccc(-c2cccc(-c3nc(-c4ccccc4)nc(-c4cccc5cc(-n6c7ccccc7c7cc8c9ccccc9n(-c9ccccc9)c8cc76)ccc45)n3)c2)cc1. The van der Waals surface area contributed by atoms with Crippen LogP contribution in [0.3, 0.4) is 0 Å². The maximum Gasteiger partial charge on any atom is 0.164 e. The van der Waals surface area contributed by atoms with E-state index in [0.717, 1.165) is 117 Å². The Bertz CT molecular complexity index is 7650. The molecule has 0 atom stereocenters. The summed E-state index contributed by atoms with van der Waals surface area (Å²) in [5, 5.41) is 14.4. The number of para-hydroxylation sites is 6. The first-order valence-corrected chi connectivity index (χ1v) is 40.7. The molecule has 560 valence electrons. The zero-order valence-electron chi connectivity index (χ0n) is 65.0. The summed E-state index contributed by atoms with van der Waals surface area (Å²) in [5.41, 5.74) is 26.2. The van der Waals surface area contributed by atoms with E-state index in [0.29, 0.717) is 23.3 Å². The van der Waals surface area contributed by atoms with Gasteiger partial charge in [-0.05, 0) is 159 Å². The van der Waals surface area contributed by atoms with Gasteiger partial charge in [-0.2, -0.15) is 0 Å². The molecule has 120 heavy (non-hydrogen) atoms. The summed E-state index contributed by atoms with van der Waals surface area (Å²) in [5.74, 6) is 2.60. The maximum absolute atomic E-state index is 5.30. The first-order chi connectivity index (χ1) is 59.5. The fraction of sp³-hybridized carbons (Fsp3) is 0. The molecule has 0 aliphatic heterocycles. The standard InChI is InChI=1S/C56H36N4.C55H35N5/c1-4-16-37(17-5-1)39-20-14-22-41(32-39)56-57-50(38-18-6-2-7-19-38)35-51(58-56)45-27-15-21-40-33-43(30-31-44(40)45)60-53-29-13-11-26-47(53)49-34-48-46-25-10-12-28-52(46)59(54(48)36-55(49)60)42-23-8-3-9-24-42;1-4-16-36(17-5-1)38-20-14-22-40(32-38)54-56-53(37-18-6-2-7-19-37)57-55(58-54)46-27-15-21-39-33-42(30-31-43(39)46)60-50-29-13-11-26-45(50)48-34-47-44-25-10-12-28-49(44)59(51(47)35-52(48)60)41-23-8-3-9-24-41/h1-36H;1-35H. The monoisotopic (exact) mass is 1530 g/mol. The van der Waals surface area contributed by atoms with E-state index in [2.05, 4.69) is 413 Å². The lowest BCUT2D eigenvalue weighted by atomic mass is 9.99. The minimum Gasteiger partial charge on any atom is -0.309 e. The first kappa shape index (κ1) is 69.3. The van der Waals surface area contributed by atoms with E-state index in [1.54, 1.807) is 0 Å². The molecule has 0 amide bonds. The third-order valence-corrected chi connectivity index (χ3v) is 23.6. The highest BCUT2D eigenvalue weighted by Gasteiger charge is 2.24. The molecule has 0 radical (unpaired) electrons. The van der Waals surface area contributed by atoms with Crippen LogP contribution in [0.4, 0.5) is 0 Å². The number of rotatable bonds is 12. The van der Waals surface area contributed by atoms with E-state index < -0.39 is 0 Å². The zero-order valence-corrected chi connectivity index (χ0v) is 65.0. The Labute approximate surface area is 691 Å². The minimum atomic E-state index is 0.634. The summed E-state index contributed by atoms with van der Waals surface area (Å²) >= 11 is 0. The van der Waals surface area contributed by atoms with Crippen LogP contribution in [0.25, 0.3) is 222 Å². The quantitative estimate of drug-likeness (QED) is 0.122. The molecule has 0 bridgehead atoms. The van der Waals surface area contributed by atoms with E-state index in [1.807, 2.05) is 36.4 Å². The molecule has 0 N–H and O–H groups in total. The van der Waals surface area contributed by atoms with E-state index in [-0.39, 0.29) is 0 Å². The Morgan fingerprint density at radius 2 is 0.458 bits per heavy atom. The molecular formula is C111H71N9. The number of aromatic nitrogens is 9. The smallest absolute Gasteiger partial charge is 0.164 e. The van der Waals surface area contributed by atoms with Crippen molar-refractivity contribution >= 4 is 109 Å². The van der Waals surface area contributed by atoms with Crippen LogP contribution in [0, 0.1) is 0 Å². The second kappa shape index (κ2) is 28.9. The van der Waals surface area contributed by atoms with Crippen molar-refractivity contribution in [2.24, 2.45) is 0 Å². The maximum atomic E-state index is 5.30. The summed E-state index contributed by atoms with van der Waals surface area (Å²) < 4.78 is 9.64. The Morgan fingerprint density at radius 3 is 0.900 bits per heavy atom. The van der Waals surface area contributed by atoms with Gasteiger partial charge in [0.25, 0.3) is 0 Å². The van der Waals surface area contributed by atoms with Gasteiger partial charge >= 0.3 is 0 Å². The van der Waals surface area contributed by atoms with Crippen molar-refractivity contribution in [1.82, 2.24) is 43.2 Å². The predicted molar refractivity (Wildman–Crippen MR) is 498 cm³/mol. The molecule has 18 aromatic carbocycles. The van der Waals surface area contributed by atoms with Crippen LogP contribution in [-0.2, 0) is 0 Å². The molecule has 6 heterocycles.